The van der Waals surface area contributed by atoms with E-state index in [1.807, 2.05) is 6.92 Å². The summed E-state index contributed by atoms with van der Waals surface area (Å²) in [6.07, 6.45) is 1.91. The monoisotopic (exact) mass is 433 g/mol. The molecule has 0 aromatic heterocycles. The Morgan fingerprint density at radius 3 is 2.46 bits per heavy atom. The number of hydrogen-bond acceptors (Lipinski definition) is 6. The zero-order chi connectivity index (χ0) is 21.3. The summed E-state index contributed by atoms with van der Waals surface area (Å²) in [5, 5.41) is 4.95. The van der Waals surface area contributed by atoms with Gasteiger partial charge >= 0.3 is 5.97 Å². The molecule has 0 aliphatic rings. The smallest absolute Gasteiger partial charge is 0.328 e. The highest BCUT2D eigenvalue weighted by atomic mass is 35.5. The van der Waals surface area contributed by atoms with Crippen molar-refractivity contribution in [2.24, 2.45) is 0 Å². The van der Waals surface area contributed by atoms with Gasteiger partial charge < -0.3 is 15.4 Å². The number of hydrogen-bond donors (Lipinski definition) is 3. The fraction of sp³-hybridized carbons (Fsp3) is 0.471. The van der Waals surface area contributed by atoms with Crippen LogP contribution in [-0.2, 0) is 29.1 Å². The number of esters is 1. The number of halogens is 1. The molecule has 2 amide bonds. The average molecular weight is 434 g/mol. The van der Waals surface area contributed by atoms with E-state index in [0.717, 1.165) is 12.5 Å². The van der Waals surface area contributed by atoms with Gasteiger partial charge in [-0.25, -0.2) is 17.9 Å². The molecule has 1 unspecified atom stereocenters. The van der Waals surface area contributed by atoms with Crippen molar-refractivity contribution < 1.29 is 27.5 Å². The summed E-state index contributed by atoms with van der Waals surface area (Å²) in [4.78, 5) is 34.6. The first kappa shape index (κ1) is 23.9. The fourth-order valence-electron chi connectivity index (χ4n) is 2.24. The topological polar surface area (TPSA) is 131 Å². The lowest BCUT2D eigenvalue weighted by Gasteiger charge is -2.16. The van der Waals surface area contributed by atoms with Crippen LogP contribution in [0, 0.1) is 0 Å². The van der Waals surface area contributed by atoms with E-state index in [2.05, 4.69) is 20.1 Å². The third kappa shape index (κ3) is 7.45. The van der Waals surface area contributed by atoms with Gasteiger partial charge in [-0.3, -0.25) is 9.59 Å². The van der Waals surface area contributed by atoms with E-state index in [-0.39, 0.29) is 21.5 Å². The van der Waals surface area contributed by atoms with Crippen LogP contribution in [0.25, 0.3) is 0 Å². The van der Waals surface area contributed by atoms with E-state index in [0.29, 0.717) is 12.8 Å². The normalized spacial score (nSPS) is 12.1. The van der Waals surface area contributed by atoms with Crippen molar-refractivity contribution >= 4 is 45.1 Å². The molecule has 0 saturated carbocycles. The number of nitrogens with one attached hydrogen (secondary N) is 3. The van der Waals surface area contributed by atoms with E-state index in [1.165, 1.54) is 26.2 Å². The molecule has 0 bridgehead atoms. The molecule has 0 spiro atoms. The number of amides is 2. The summed E-state index contributed by atoms with van der Waals surface area (Å²) in [5.74, 6) is -1.61. The van der Waals surface area contributed by atoms with Gasteiger partial charge in [-0.1, -0.05) is 31.4 Å². The summed E-state index contributed by atoms with van der Waals surface area (Å²) in [6, 6.07) is 2.91. The largest absolute Gasteiger partial charge is 0.467 e. The Hall–Kier alpha value is -2.17. The Bertz CT molecular complexity index is 828. The second-order valence-corrected chi connectivity index (χ2v) is 8.11. The van der Waals surface area contributed by atoms with E-state index >= 15 is 0 Å². The Labute approximate surface area is 169 Å². The summed E-state index contributed by atoms with van der Waals surface area (Å²) >= 11 is 5.97. The number of ether oxygens (including phenoxy) is 1. The molecular weight excluding hydrogens is 410 g/mol. The van der Waals surface area contributed by atoms with Crippen LogP contribution in [0.4, 0.5) is 5.69 Å². The first-order valence-corrected chi connectivity index (χ1v) is 10.4. The lowest BCUT2D eigenvalue weighted by Crippen LogP contribution is -2.45. The molecule has 0 radical (unpaired) electrons. The zero-order valence-electron chi connectivity index (χ0n) is 15.9. The molecule has 28 heavy (non-hydrogen) atoms. The molecule has 1 aromatic carbocycles. The summed E-state index contributed by atoms with van der Waals surface area (Å²) < 4.78 is 31.5. The highest BCUT2D eigenvalue weighted by Crippen LogP contribution is 2.25. The quantitative estimate of drug-likeness (QED) is 0.478. The van der Waals surface area contributed by atoms with Gasteiger partial charge in [0.25, 0.3) is 0 Å². The van der Waals surface area contributed by atoms with Crippen molar-refractivity contribution in [1.29, 1.82) is 0 Å². The number of unbranched alkanes of at least 4 members (excludes halogenated alkanes) is 1. The highest BCUT2D eigenvalue weighted by Gasteiger charge is 2.22. The molecule has 1 rings (SSSR count). The van der Waals surface area contributed by atoms with E-state index in [4.69, 9.17) is 11.6 Å². The maximum absolute atomic E-state index is 12.3. The summed E-state index contributed by atoms with van der Waals surface area (Å²) in [5.41, 5.74) is 0.266. The van der Waals surface area contributed by atoms with Crippen LogP contribution in [0.15, 0.2) is 23.1 Å². The number of anilines is 1. The zero-order valence-corrected chi connectivity index (χ0v) is 17.4. The molecule has 0 aliphatic carbocycles. The first-order valence-electron chi connectivity index (χ1n) is 8.54. The molecule has 0 aliphatic heterocycles. The number of sulfonamides is 1. The molecule has 0 saturated heterocycles. The minimum Gasteiger partial charge on any atom is -0.467 e. The van der Waals surface area contributed by atoms with Crippen LogP contribution in [0.1, 0.15) is 33.1 Å². The molecule has 3 N–H and O–H groups in total. The Morgan fingerprint density at radius 1 is 1.25 bits per heavy atom. The molecule has 9 nitrogen and oxygen atoms in total. The van der Waals surface area contributed by atoms with Gasteiger partial charge in [0.2, 0.25) is 21.8 Å². The molecule has 0 fully saturated rings. The molecule has 1 aromatic rings. The minimum atomic E-state index is -4.03. The number of benzene rings is 1. The Kier molecular flexibility index (Phi) is 9.36. The van der Waals surface area contributed by atoms with Crippen LogP contribution < -0.4 is 15.4 Å². The maximum atomic E-state index is 12.3. The van der Waals surface area contributed by atoms with Gasteiger partial charge in [0, 0.05) is 6.92 Å². The number of carbonyl (C=O) groups excluding carboxylic acids is 3. The molecule has 1 atom stereocenters. The SMILES string of the molecule is CCCCC(NC(=O)CNS(=O)(=O)c1ccc(NC(C)=O)c(Cl)c1)C(=O)OC. The van der Waals surface area contributed by atoms with E-state index in [9.17, 15) is 22.8 Å². The molecular formula is C17H24ClN3O6S. The van der Waals surface area contributed by atoms with Gasteiger partial charge in [0.1, 0.15) is 6.04 Å². The number of methoxy groups -OCH3 is 1. The van der Waals surface area contributed by atoms with Crippen molar-refractivity contribution in [3.8, 4) is 0 Å². The van der Waals surface area contributed by atoms with Gasteiger partial charge in [-0.2, -0.15) is 0 Å². The van der Waals surface area contributed by atoms with Crippen molar-refractivity contribution in [1.82, 2.24) is 10.0 Å². The molecule has 156 valence electrons. The molecule has 0 heterocycles. The van der Waals surface area contributed by atoms with Gasteiger partial charge in [-0.05, 0) is 24.6 Å². The fourth-order valence-corrected chi connectivity index (χ4v) is 3.54. The van der Waals surface area contributed by atoms with Gasteiger partial charge in [0.05, 0.1) is 29.3 Å². The lowest BCUT2D eigenvalue weighted by molar-refractivity contribution is -0.145. The minimum absolute atomic E-state index is 0.0350. The standard InChI is InChI=1S/C17H24ClN3O6S/c1-4-5-6-15(17(24)27-3)21-16(23)10-19-28(25,26)12-7-8-14(13(18)9-12)20-11(2)22/h7-9,15,19H,4-6,10H2,1-3H3,(H,20,22)(H,21,23). The first-order chi connectivity index (χ1) is 13.1. The second kappa shape index (κ2) is 11.0. The van der Waals surface area contributed by atoms with Crippen LogP contribution in [0.5, 0.6) is 0 Å². The summed E-state index contributed by atoms with van der Waals surface area (Å²) in [6.45, 7) is 2.67. The van der Waals surface area contributed by atoms with E-state index in [1.54, 1.807) is 0 Å². The highest BCUT2D eigenvalue weighted by molar-refractivity contribution is 7.89. The molecule has 11 heteroatoms. The number of carbonyl (C=O) groups is 3. The van der Waals surface area contributed by atoms with Crippen LogP contribution >= 0.6 is 11.6 Å². The van der Waals surface area contributed by atoms with Crippen LogP contribution in [0.3, 0.4) is 0 Å². The lowest BCUT2D eigenvalue weighted by atomic mass is 10.1. The maximum Gasteiger partial charge on any atom is 0.328 e. The van der Waals surface area contributed by atoms with Crippen molar-refractivity contribution in [3.63, 3.8) is 0 Å². The predicted octanol–water partition coefficient (Wildman–Crippen LogP) is 1.42. The third-order valence-corrected chi connectivity index (χ3v) is 5.36. The Balaban J connectivity index is 2.76. The second-order valence-electron chi connectivity index (χ2n) is 5.93. The van der Waals surface area contributed by atoms with Crippen molar-refractivity contribution in [3.05, 3.63) is 23.2 Å². The average Bonchev–Trinajstić information content (AvgIpc) is 2.64. The van der Waals surface area contributed by atoms with Gasteiger partial charge in [0.15, 0.2) is 0 Å². The summed E-state index contributed by atoms with van der Waals surface area (Å²) in [7, 11) is -2.81. The van der Waals surface area contributed by atoms with E-state index < -0.39 is 34.5 Å². The third-order valence-electron chi connectivity index (χ3n) is 3.65. The van der Waals surface area contributed by atoms with Crippen LogP contribution in [0.2, 0.25) is 5.02 Å². The van der Waals surface area contributed by atoms with Gasteiger partial charge in [-0.15, -0.1) is 0 Å². The van der Waals surface area contributed by atoms with Crippen molar-refractivity contribution in [2.75, 3.05) is 19.0 Å². The Morgan fingerprint density at radius 2 is 1.93 bits per heavy atom. The van der Waals surface area contributed by atoms with Crippen molar-refractivity contribution in [2.45, 2.75) is 44.0 Å². The number of rotatable bonds is 10. The predicted molar refractivity (Wildman–Crippen MR) is 104 cm³/mol. The van der Waals surface area contributed by atoms with Crippen LogP contribution in [-0.4, -0.2) is 45.9 Å².